The number of likely N-dealkylation sites (tertiary alicyclic amines) is 1. The van der Waals surface area contributed by atoms with Crippen LogP contribution in [-0.4, -0.2) is 24.0 Å². The molecule has 4 rings (SSSR count). The fraction of sp³-hybridized carbons (Fsp3) is 0.636. The van der Waals surface area contributed by atoms with E-state index < -0.39 is 0 Å². The lowest BCUT2D eigenvalue weighted by atomic mass is 9.85. The smallest absolute Gasteiger partial charge is 0.00982 e. The minimum Gasteiger partial charge on any atom is -0.300 e. The van der Waals surface area contributed by atoms with Gasteiger partial charge in [0.05, 0.1) is 0 Å². The molecule has 1 nitrogen and oxygen atoms in total. The Balaban J connectivity index is 1.30. The number of hydrogen-bond acceptors (Lipinski definition) is 1. The molecule has 1 heteroatoms. The van der Waals surface area contributed by atoms with E-state index in [1.807, 2.05) is 0 Å². The van der Waals surface area contributed by atoms with Gasteiger partial charge in [-0.25, -0.2) is 0 Å². The molecule has 0 N–H and O–H groups in total. The second kappa shape index (κ2) is 6.81. The first-order chi connectivity index (χ1) is 11.3. The molecule has 0 amide bonds. The van der Waals surface area contributed by atoms with Gasteiger partial charge in [0, 0.05) is 12.6 Å². The van der Waals surface area contributed by atoms with Crippen LogP contribution in [0.1, 0.15) is 51.0 Å². The molecule has 1 aliphatic heterocycles. The number of nitrogens with zero attached hydrogens (tertiary/aromatic N) is 1. The molecule has 0 radical (unpaired) electrons. The van der Waals surface area contributed by atoms with Crippen LogP contribution >= 0.6 is 0 Å². The van der Waals surface area contributed by atoms with Crippen molar-refractivity contribution in [3.05, 3.63) is 42.0 Å². The van der Waals surface area contributed by atoms with Gasteiger partial charge in [-0.1, -0.05) is 49.4 Å². The van der Waals surface area contributed by atoms with Gasteiger partial charge in [-0.3, -0.25) is 0 Å². The monoisotopic (exact) mass is 309 g/mol. The molecule has 4 atom stereocenters. The van der Waals surface area contributed by atoms with Crippen molar-refractivity contribution in [1.82, 2.24) is 4.90 Å². The summed E-state index contributed by atoms with van der Waals surface area (Å²) in [5.41, 5.74) is 1.34. The van der Waals surface area contributed by atoms with Gasteiger partial charge in [0.2, 0.25) is 0 Å². The maximum absolute atomic E-state index is 2.83. The highest BCUT2D eigenvalue weighted by Crippen LogP contribution is 2.46. The summed E-state index contributed by atoms with van der Waals surface area (Å²) in [6.45, 7) is 5.08. The average Bonchev–Trinajstić information content (AvgIpc) is 3.32. The number of allylic oxidation sites excluding steroid dienone is 1. The van der Waals surface area contributed by atoms with Gasteiger partial charge in [-0.05, 0) is 74.3 Å². The third kappa shape index (κ3) is 3.71. The quantitative estimate of drug-likeness (QED) is 0.735. The highest BCUT2D eigenvalue weighted by Gasteiger charge is 2.39. The zero-order valence-electron chi connectivity index (χ0n) is 14.5. The molecule has 124 valence electrons. The van der Waals surface area contributed by atoms with Crippen LogP contribution in [0, 0.1) is 23.7 Å². The average molecular weight is 309 g/mol. The van der Waals surface area contributed by atoms with E-state index in [1.165, 1.54) is 57.2 Å². The van der Waals surface area contributed by atoms with Crippen molar-refractivity contribution >= 4 is 6.08 Å². The first-order valence-electron chi connectivity index (χ1n) is 9.77. The Morgan fingerprint density at radius 2 is 1.74 bits per heavy atom. The summed E-state index contributed by atoms with van der Waals surface area (Å²) >= 11 is 0. The molecule has 1 aromatic carbocycles. The molecule has 1 saturated heterocycles. The number of benzene rings is 1. The predicted molar refractivity (Wildman–Crippen MR) is 98.2 cm³/mol. The van der Waals surface area contributed by atoms with Gasteiger partial charge in [0.25, 0.3) is 0 Å². The third-order valence-electron chi connectivity index (χ3n) is 6.59. The van der Waals surface area contributed by atoms with Crippen LogP contribution in [0.2, 0.25) is 0 Å². The zero-order chi connectivity index (χ0) is 15.6. The fourth-order valence-electron chi connectivity index (χ4n) is 4.93. The molecule has 23 heavy (non-hydrogen) atoms. The molecule has 4 unspecified atom stereocenters. The maximum Gasteiger partial charge on any atom is 0.00982 e. The van der Waals surface area contributed by atoms with E-state index >= 15 is 0 Å². The summed E-state index contributed by atoms with van der Waals surface area (Å²) in [5.74, 6) is 3.74. The van der Waals surface area contributed by atoms with E-state index in [2.05, 4.69) is 54.3 Å². The summed E-state index contributed by atoms with van der Waals surface area (Å²) < 4.78 is 0. The molecule has 3 fully saturated rings. The van der Waals surface area contributed by atoms with Gasteiger partial charge in [0.15, 0.2) is 0 Å². The largest absolute Gasteiger partial charge is 0.300 e. The first kappa shape index (κ1) is 15.4. The lowest BCUT2D eigenvalue weighted by Gasteiger charge is -2.39. The van der Waals surface area contributed by atoms with Crippen LogP contribution in [0.5, 0.6) is 0 Å². The minimum absolute atomic E-state index is 0.757. The molecule has 1 heterocycles. The molecule has 0 bridgehead atoms. The van der Waals surface area contributed by atoms with Crippen molar-refractivity contribution in [3.63, 3.8) is 0 Å². The van der Waals surface area contributed by atoms with Crippen molar-refractivity contribution in [3.8, 4) is 0 Å². The van der Waals surface area contributed by atoms with Crippen LogP contribution in [-0.2, 0) is 0 Å². The Morgan fingerprint density at radius 3 is 2.48 bits per heavy atom. The number of rotatable bonds is 4. The van der Waals surface area contributed by atoms with Crippen LogP contribution in [0.15, 0.2) is 36.4 Å². The van der Waals surface area contributed by atoms with E-state index in [0.29, 0.717) is 0 Å². The van der Waals surface area contributed by atoms with Crippen molar-refractivity contribution in [2.75, 3.05) is 13.1 Å². The van der Waals surface area contributed by atoms with Crippen molar-refractivity contribution in [1.29, 1.82) is 0 Å². The Bertz CT molecular complexity index is 530. The summed E-state index contributed by atoms with van der Waals surface area (Å²) in [6, 6.07) is 11.7. The van der Waals surface area contributed by atoms with Gasteiger partial charge in [-0.15, -0.1) is 0 Å². The first-order valence-corrected chi connectivity index (χ1v) is 9.77. The molecule has 2 saturated carbocycles. The highest BCUT2D eigenvalue weighted by atomic mass is 15.2. The Kier molecular flexibility index (Phi) is 4.57. The Labute approximate surface area is 141 Å². The molecule has 1 aromatic rings. The highest BCUT2D eigenvalue weighted by molar-refractivity contribution is 5.49. The van der Waals surface area contributed by atoms with Crippen molar-refractivity contribution in [2.45, 2.75) is 51.5 Å². The summed E-state index contributed by atoms with van der Waals surface area (Å²) in [5, 5.41) is 0. The van der Waals surface area contributed by atoms with Gasteiger partial charge in [-0.2, -0.15) is 0 Å². The maximum atomic E-state index is 2.83. The van der Waals surface area contributed by atoms with Gasteiger partial charge in [0.1, 0.15) is 0 Å². The minimum atomic E-state index is 0.757. The molecule has 0 spiro atoms. The van der Waals surface area contributed by atoms with E-state index in [4.69, 9.17) is 0 Å². The fourth-order valence-corrected chi connectivity index (χ4v) is 4.93. The van der Waals surface area contributed by atoms with E-state index in [0.717, 1.165) is 29.7 Å². The Hall–Kier alpha value is -1.08. The molecule has 0 aromatic heterocycles. The van der Waals surface area contributed by atoms with E-state index in [-0.39, 0.29) is 0 Å². The van der Waals surface area contributed by atoms with Crippen LogP contribution in [0.25, 0.3) is 6.08 Å². The Morgan fingerprint density at radius 1 is 0.957 bits per heavy atom. The van der Waals surface area contributed by atoms with Crippen LogP contribution in [0.4, 0.5) is 0 Å². The summed E-state index contributed by atoms with van der Waals surface area (Å²) in [4.78, 5) is 2.83. The second-order valence-corrected chi connectivity index (χ2v) is 8.26. The molecule has 2 aliphatic carbocycles. The van der Waals surface area contributed by atoms with Gasteiger partial charge < -0.3 is 4.90 Å². The predicted octanol–water partition coefficient (Wildman–Crippen LogP) is 5.24. The normalized spacial score (nSPS) is 35.9. The third-order valence-corrected chi connectivity index (χ3v) is 6.59. The summed E-state index contributed by atoms with van der Waals surface area (Å²) in [6.07, 6.45) is 13.7. The lowest BCUT2D eigenvalue weighted by Crippen LogP contribution is -2.44. The van der Waals surface area contributed by atoms with E-state index in [1.54, 1.807) is 0 Å². The number of piperidine rings is 1. The zero-order valence-corrected chi connectivity index (χ0v) is 14.5. The van der Waals surface area contributed by atoms with Crippen molar-refractivity contribution in [2.24, 2.45) is 23.7 Å². The van der Waals surface area contributed by atoms with Crippen molar-refractivity contribution < 1.29 is 0 Å². The van der Waals surface area contributed by atoms with Crippen LogP contribution in [0.3, 0.4) is 0 Å². The molecular weight excluding hydrogens is 278 g/mol. The van der Waals surface area contributed by atoms with Crippen LogP contribution < -0.4 is 0 Å². The number of hydrogen-bond donors (Lipinski definition) is 0. The molecule has 3 aliphatic rings. The molecular formula is C22H31N. The SMILES string of the molecule is CC1CN(C2CCC(C3CC3)C2)CCC1/C=C\c1ccccc1. The second-order valence-electron chi connectivity index (χ2n) is 8.26. The topological polar surface area (TPSA) is 3.24 Å². The standard InChI is InChI=1S/C22H31N/c1-17-16-23(22-12-11-21(15-22)20-9-10-20)14-13-19(17)8-7-18-5-3-2-4-6-18/h2-8,17,19-22H,9-16H2,1H3/b8-7-. The summed E-state index contributed by atoms with van der Waals surface area (Å²) in [7, 11) is 0. The van der Waals surface area contributed by atoms with E-state index in [9.17, 15) is 0 Å². The lowest BCUT2D eigenvalue weighted by molar-refractivity contribution is 0.105. The van der Waals surface area contributed by atoms with Gasteiger partial charge >= 0.3 is 0 Å².